The Morgan fingerprint density at radius 3 is 2.40 bits per heavy atom. The summed E-state index contributed by atoms with van der Waals surface area (Å²) in [4.78, 5) is 2.49. The van der Waals surface area contributed by atoms with Gasteiger partial charge in [0.2, 0.25) is 0 Å². The van der Waals surface area contributed by atoms with Crippen molar-refractivity contribution in [3.8, 4) is 0 Å². The molecule has 1 aromatic heterocycles. The van der Waals surface area contributed by atoms with Crippen molar-refractivity contribution in [3.05, 3.63) is 24.2 Å². The molecule has 0 aliphatic heterocycles. The summed E-state index contributed by atoms with van der Waals surface area (Å²) in [5.74, 6) is 1.06. The fraction of sp³-hybridized carbons (Fsp3) is 0.765. The van der Waals surface area contributed by atoms with E-state index >= 15 is 0 Å². The Hall–Kier alpha value is -0.800. The second-order valence-corrected chi connectivity index (χ2v) is 6.13. The summed E-state index contributed by atoms with van der Waals surface area (Å²) >= 11 is 0. The van der Waals surface area contributed by atoms with Gasteiger partial charge in [0.15, 0.2) is 0 Å². The van der Waals surface area contributed by atoms with Crippen molar-refractivity contribution in [2.75, 3.05) is 19.6 Å². The van der Waals surface area contributed by atoms with E-state index in [0.717, 1.165) is 31.9 Å². The standard InChI is InChI=1S/C17H32N2O/c1-6-17(7-2,13-18-15(4)5)14-19(8-3)12-16-10-9-11-20-16/h9-11,15,18H,6-8,12-14H2,1-5H3. The third-order valence-electron chi connectivity index (χ3n) is 4.35. The Kier molecular flexibility index (Phi) is 7.31. The topological polar surface area (TPSA) is 28.4 Å². The van der Waals surface area contributed by atoms with Gasteiger partial charge >= 0.3 is 0 Å². The second kappa shape index (κ2) is 8.48. The molecule has 0 saturated heterocycles. The van der Waals surface area contributed by atoms with Crippen molar-refractivity contribution in [3.63, 3.8) is 0 Å². The summed E-state index contributed by atoms with van der Waals surface area (Å²) in [5.41, 5.74) is 0.354. The van der Waals surface area contributed by atoms with Crippen LogP contribution in [0, 0.1) is 5.41 Å². The summed E-state index contributed by atoms with van der Waals surface area (Å²) in [6.07, 6.45) is 4.17. The molecule has 3 heteroatoms. The molecule has 0 aliphatic carbocycles. The molecule has 0 atom stereocenters. The summed E-state index contributed by atoms with van der Waals surface area (Å²) in [6.45, 7) is 15.5. The van der Waals surface area contributed by atoms with Gasteiger partial charge in [0.25, 0.3) is 0 Å². The molecule has 20 heavy (non-hydrogen) atoms. The lowest BCUT2D eigenvalue weighted by atomic mass is 9.81. The highest BCUT2D eigenvalue weighted by Gasteiger charge is 2.28. The average Bonchev–Trinajstić information content (AvgIpc) is 2.95. The van der Waals surface area contributed by atoms with Crippen LogP contribution in [0.4, 0.5) is 0 Å². The monoisotopic (exact) mass is 280 g/mol. The van der Waals surface area contributed by atoms with Gasteiger partial charge in [0, 0.05) is 19.1 Å². The highest BCUT2D eigenvalue weighted by atomic mass is 16.3. The van der Waals surface area contributed by atoms with E-state index in [1.165, 1.54) is 12.8 Å². The van der Waals surface area contributed by atoms with Gasteiger partial charge in [0.05, 0.1) is 12.8 Å². The van der Waals surface area contributed by atoms with Crippen LogP contribution in [0.2, 0.25) is 0 Å². The second-order valence-electron chi connectivity index (χ2n) is 6.13. The van der Waals surface area contributed by atoms with E-state index in [9.17, 15) is 0 Å². The molecule has 1 aromatic rings. The Bertz CT molecular complexity index is 342. The first-order valence-corrected chi connectivity index (χ1v) is 8.03. The molecule has 0 aliphatic rings. The van der Waals surface area contributed by atoms with Crippen LogP contribution < -0.4 is 5.32 Å². The molecule has 0 aromatic carbocycles. The van der Waals surface area contributed by atoms with Gasteiger partial charge in [-0.3, -0.25) is 4.90 Å². The Morgan fingerprint density at radius 1 is 1.25 bits per heavy atom. The first-order valence-electron chi connectivity index (χ1n) is 8.03. The summed E-state index contributed by atoms with van der Waals surface area (Å²) in [7, 11) is 0. The fourth-order valence-corrected chi connectivity index (χ4v) is 2.58. The number of nitrogens with one attached hydrogen (secondary N) is 1. The predicted molar refractivity (Wildman–Crippen MR) is 85.8 cm³/mol. The number of nitrogens with zero attached hydrogens (tertiary/aromatic N) is 1. The molecule has 0 fully saturated rings. The molecule has 0 spiro atoms. The van der Waals surface area contributed by atoms with Crippen molar-refractivity contribution in [1.29, 1.82) is 0 Å². The Balaban J connectivity index is 2.65. The maximum Gasteiger partial charge on any atom is 0.117 e. The zero-order valence-electron chi connectivity index (χ0n) is 13.9. The molecule has 0 radical (unpaired) electrons. The zero-order valence-corrected chi connectivity index (χ0v) is 13.9. The molecular formula is C17H32N2O. The first kappa shape index (κ1) is 17.3. The highest BCUT2D eigenvalue weighted by Crippen LogP contribution is 2.27. The summed E-state index contributed by atoms with van der Waals surface area (Å²) in [5, 5.41) is 3.63. The highest BCUT2D eigenvalue weighted by molar-refractivity contribution is 4.98. The van der Waals surface area contributed by atoms with Crippen molar-refractivity contribution < 1.29 is 4.42 Å². The van der Waals surface area contributed by atoms with Crippen LogP contribution in [0.1, 0.15) is 53.2 Å². The minimum atomic E-state index is 0.354. The van der Waals surface area contributed by atoms with Crippen molar-refractivity contribution in [2.45, 2.75) is 60.0 Å². The van der Waals surface area contributed by atoms with Gasteiger partial charge in [-0.05, 0) is 36.9 Å². The van der Waals surface area contributed by atoms with Crippen LogP contribution in [0.25, 0.3) is 0 Å². The van der Waals surface area contributed by atoms with E-state index in [0.29, 0.717) is 11.5 Å². The van der Waals surface area contributed by atoms with Gasteiger partial charge < -0.3 is 9.73 Å². The van der Waals surface area contributed by atoms with Gasteiger partial charge in [-0.2, -0.15) is 0 Å². The molecule has 116 valence electrons. The predicted octanol–water partition coefficient (Wildman–Crippen LogP) is 3.91. The lowest BCUT2D eigenvalue weighted by molar-refractivity contribution is 0.125. The van der Waals surface area contributed by atoms with Crippen LogP contribution in [0.15, 0.2) is 22.8 Å². The van der Waals surface area contributed by atoms with E-state index in [4.69, 9.17) is 4.42 Å². The Labute approximate surface area is 124 Å². The van der Waals surface area contributed by atoms with Crippen LogP contribution in [0.3, 0.4) is 0 Å². The zero-order chi connectivity index (χ0) is 15.0. The van der Waals surface area contributed by atoms with Crippen LogP contribution in [-0.4, -0.2) is 30.6 Å². The molecule has 0 amide bonds. The van der Waals surface area contributed by atoms with Crippen LogP contribution in [-0.2, 0) is 6.54 Å². The van der Waals surface area contributed by atoms with Crippen molar-refractivity contribution in [2.24, 2.45) is 5.41 Å². The van der Waals surface area contributed by atoms with Gasteiger partial charge in [0.1, 0.15) is 5.76 Å². The average molecular weight is 280 g/mol. The molecule has 1 heterocycles. The molecule has 0 bridgehead atoms. The van der Waals surface area contributed by atoms with Gasteiger partial charge in [-0.1, -0.05) is 34.6 Å². The summed E-state index contributed by atoms with van der Waals surface area (Å²) < 4.78 is 5.49. The Morgan fingerprint density at radius 2 is 1.95 bits per heavy atom. The minimum absolute atomic E-state index is 0.354. The molecular weight excluding hydrogens is 248 g/mol. The third-order valence-corrected chi connectivity index (χ3v) is 4.35. The van der Waals surface area contributed by atoms with E-state index < -0.39 is 0 Å². The fourth-order valence-electron chi connectivity index (χ4n) is 2.58. The lowest BCUT2D eigenvalue weighted by Gasteiger charge is -2.37. The first-order chi connectivity index (χ1) is 9.55. The number of hydrogen-bond donors (Lipinski definition) is 1. The van der Waals surface area contributed by atoms with E-state index in [-0.39, 0.29) is 0 Å². The van der Waals surface area contributed by atoms with Gasteiger partial charge in [-0.25, -0.2) is 0 Å². The molecule has 0 saturated carbocycles. The maximum atomic E-state index is 5.49. The number of furan rings is 1. The van der Waals surface area contributed by atoms with E-state index in [2.05, 4.69) is 50.9 Å². The largest absolute Gasteiger partial charge is 0.468 e. The van der Waals surface area contributed by atoms with Crippen molar-refractivity contribution in [1.82, 2.24) is 10.2 Å². The quantitative estimate of drug-likeness (QED) is 0.704. The third kappa shape index (κ3) is 5.29. The molecule has 1 rings (SSSR count). The van der Waals surface area contributed by atoms with Crippen LogP contribution in [0.5, 0.6) is 0 Å². The normalized spacial score (nSPS) is 12.6. The van der Waals surface area contributed by atoms with Crippen LogP contribution >= 0.6 is 0 Å². The lowest BCUT2D eigenvalue weighted by Crippen LogP contribution is -2.45. The molecule has 1 N–H and O–H groups in total. The number of hydrogen-bond acceptors (Lipinski definition) is 3. The molecule has 3 nitrogen and oxygen atoms in total. The van der Waals surface area contributed by atoms with E-state index in [1.54, 1.807) is 6.26 Å². The van der Waals surface area contributed by atoms with Gasteiger partial charge in [-0.15, -0.1) is 0 Å². The van der Waals surface area contributed by atoms with E-state index in [1.807, 2.05) is 6.07 Å². The maximum absolute atomic E-state index is 5.49. The SMILES string of the molecule is CCN(Cc1ccco1)CC(CC)(CC)CNC(C)C. The van der Waals surface area contributed by atoms with Crippen molar-refractivity contribution >= 4 is 0 Å². The number of rotatable bonds is 10. The smallest absolute Gasteiger partial charge is 0.117 e. The minimum Gasteiger partial charge on any atom is -0.468 e. The summed E-state index contributed by atoms with van der Waals surface area (Å²) in [6, 6.07) is 4.58. The molecule has 0 unspecified atom stereocenters.